The zero-order chi connectivity index (χ0) is 18.3. The van der Waals surface area contributed by atoms with Gasteiger partial charge < -0.3 is 19.2 Å². The summed E-state index contributed by atoms with van der Waals surface area (Å²) >= 11 is 0. The molecule has 136 valence electrons. The number of rotatable bonds is 3. The lowest BCUT2D eigenvalue weighted by atomic mass is 9.98. The maximum absolute atomic E-state index is 12.7. The number of aromatic nitrogens is 3. The number of nitrogens with one attached hydrogen (secondary N) is 1. The van der Waals surface area contributed by atoms with Crippen LogP contribution in [-0.2, 0) is 0 Å². The number of H-pyrrole nitrogens is 1. The number of methoxy groups -OCH3 is 1. The molecule has 0 spiro atoms. The van der Waals surface area contributed by atoms with Gasteiger partial charge in [-0.2, -0.15) is 0 Å². The SMILES string of the molecule is COc1ccc2[nH]c(=O)c(-c3nccn3[C@H]3CCN(C)[C@@H](C)C3)cc2c1. The van der Waals surface area contributed by atoms with Gasteiger partial charge in [0.2, 0.25) is 0 Å². The fourth-order valence-electron chi connectivity index (χ4n) is 3.81. The standard InChI is InChI=1S/C20H24N4O2/c1-13-10-15(6-8-23(13)2)24-9-7-21-19(24)17-12-14-11-16(26-3)4-5-18(14)22-20(17)25/h4-5,7,9,11-13,15H,6,8,10H2,1-3H3,(H,22,25)/t13-,15-/m0/s1. The van der Waals surface area contributed by atoms with Gasteiger partial charge in [0.1, 0.15) is 11.6 Å². The van der Waals surface area contributed by atoms with E-state index in [2.05, 4.69) is 33.4 Å². The van der Waals surface area contributed by atoms with Crippen LogP contribution in [-0.4, -0.2) is 46.2 Å². The van der Waals surface area contributed by atoms with Gasteiger partial charge in [-0.05, 0) is 51.1 Å². The zero-order valence-corrected chi connectivity index (χ0v) is 15.4. The van der Waals surface area contributed by atoms with Crippen LogP contribution >= 0.6 is 0 Å². The Morgan fingerprint density at radius 2 is 2.15 bits per heavy atom. The summed E-state index contributed by atoms with van der Waals surface area (Å²) in [6, 6.07) is 8.43. The molecule has 4 rings (SSSR count). The highest BCUT2D eigenvalue weighted by atomic mass is 16.5. The lowest BCUT2D eigenvalue weighted by molar-refractivity contribution is 0.157. The lowest BCUT2D eigenvalue weighted by Gasteiger charge is -2.36. The molecule has 0 saturated carbocycles. The van der Waals surface area contributed by atoms with Crippen LogP contribution in [0.2, 0.25) is 0 Å². The van der Waals surface area contributed by atoms with Crippen molar-refractivity contribution in [1.29, 1.82) is 0 Å². The average molecular weight is 352 g/mol. The molecule has 1 saturated heterocycles. The molecule has 0 unspecified atom stereocenters. The quantitative estimate of drug-likeness (QED) is 0.787. The van der Waals surface area contributed by atoms with Crippen molar-refractivity contribution >= 4 is 10.9 Å². The van der Waals surface area contributed by atoms with Gasteiger partial charge >= 0.3 is 0 Å². The maximum Gasteiger partial charge on any atom is 0.259 e. The Bertz CT molecular complexity index is 991. The van der Waals surface area contributed by atoms with E-state index in [9.17, 15) is 4.79 Å². The first-order chi connectivity index (χ1) is 12.6. The number of hydrogen-bond donors (Lipinski definition) is 1. The monoisotopic (exact) mass is 352 g/mol. The molecule has 2 atom stereocenters. The molecule has 0 aliphatic carbocycles. The van der Waals surface area contributed by atoms with E-state index in [0.717, 1.165) is 41.9 Å². The minimum atomic E-state index is -0.115. The highest BCUT2D eigenvalue weighted by molar-refractivity contribution is 5.83. The minimum Gasteiger partial charge on any atom is -0.497 e. The first kappa shape index (κ1) is 16.8. The molecular formula is C20H24N4O2. The van der Waals surface area contributed by atoms with Crippen molar-refractivity contribution in [2.24, 2.45) is 0 Å². The van der Waals surface area contributed by atoms with E-state index < -0.39 is 0 Å². The summed E-state index contributed by atoms with van der Waals surface area (Å²) in [6.07, 6.45) is 5.89. The second-order valence-corrected chi connectivity index (χ2v) is 7.13. The Balaban J connectivity index is 1.78. The van der Waals surface area contributed by atoms with Crippen molar-refractivity contribution in [2.45, 2.75) is 31.8 Å². The molecular weight excluding hydrogens is 328 g/mol. The van der Waals surface area contributed by atoms with Crippen molar-refractivity contribution < 1.29 is 4.74 Å². The predicted octanol–water partition coefficient (Wildman–Crippen LogP) is 3.06. The Morgan fingerprint density at radius 3 is 2.92 bits per heavy atom. The van der Waals surface area contributed by atoms with Gasteiger partial charge in [0.15, 0.2) is 0 Å². The smallest absolute Gasteiger partial charge is 0.259 e. The highest BCUT2D eigenvalue weighted by Crippen LogP contribution is 2.30. The van der Waals surface area contributed by atoms with E-state index >= 15 is 0 Å². The molecule has 0 amide bonds. The van der Waals surface area contributed by atoms with Gasteiger partial charge in [-0.1, -0.05) is 0 Å². The molecule has 1 fully saturated rings. The summed E-state index contributed by atoms with van der Waals surface area (Å²) in [5.74, 6) is 1.50. The van der Waals surface area contributed by atoms with Crippen LogP contribution in [0.25, 0.3) is 22.3 Å². The zero-order valence-electron chi connectivity index (χ0n) is 15.4. The molecule has 3 aromatic rings. The third-order valence-corrected chi connectivity index (χ3v) is 5.54. The molecule has 1 N–H and O–H groups in total. The number of ether oxygens (including phenoxy) is 1. The molecule has 1 aromatic carbocycles. The number of fused-ring (bicyclic) bond motifs is 1. The van der Waals surface area contributed by atoms with Gasteiger partial charge in [-0.3, -0.25) is 4.79 Å². The summed E-state index contributed by atoms with van der Waals surface area (Å²) in [5, 5.41) is 0.935. The number of likely N-dealkylation sites (tertiary alicyclic amines) is 1. The van der Waals surface area contributed by atoms with E-state index in [4.69, 9.17) is 4.74 Å². The third kappa shape index (κ3) is 2.90. The maximum atomic E-state index is 12.7. The molecule has 26 heavy (non-hydrogen) atoms. The predicted molar refractivity (Wildman–Crippen MR) is 103 cm³/mol. The van der Waals surface area contributed by atoms with E-state index in [1.54, 1.807) is 13.3 Å². The number of hydrogen-bond acceptors (Lipinski definition) is 4. The van der Waals surface area contributed by atoms with E-state index in [1.165, 1.54) is 0 Å². The number of piperidine rings is 1. The molecule has 1 aliphatic heterocycles. The fourth-order valence-corrected chi connectivity index (χ4v) is 3.81. The van der Waals surface area contributed by atoms with Crippen LogP contribution in [0.1, 0.15) is 25.8 Å². The van der Waals surface area contributed by atoms with Crippen molar-refractivity contribution in [3.8, 4) is 17.1 Å². The largest absolute Gasteiger partial charge is 0.497 e. The van der Waals surface area contributed by atoms with Crippen LogP contribution in [0, 0.1) is 0 Å². The molecule has 0 radical (unpaired) electrons. The topological polar surface area (TPSA) is 63.2 Å². The number of benzene rings is 1. The molecule has 6 nitrogen and oxygen atoms in total. The summed E-state index contributed by atoms with van der Waals surface area (Å²) < 4.78 is 7.47. The Hall–Kier alpha value is -2.60. The van der Waals surface area contributed by atoms with Gasteiger partial charge in [0.25, 0.3) is 5.56 Å². The summed E-state index contributed by atoms with van der Waals surface area (Å²) in [7, 11) is 3.80. The molecule has 6 heteroatoms. The number of nitrogens with zero attached hydrogens (tertiary/aromatic N) is 3. The molecule has 0 bridgehead atoms. The van der Waals surface area contributed by atoms with Crippen LogP contribution < -0.4 is 10.3 Å². The number of imidazole rings is 1. The second kappa shape index (κ2) is 6.61. The Morgan fingerprint density at radius 1 is 1.31 bits per heavy atom. The van der Waals surface area contributed by atoms with Gasteiger partial charge in [-0.15, -0.1) is 0 Å². The second-order valence-electron chi connectivity index (χ2n) is 7.13. The Labute approximate surface area is 152 Å². The normalized spacial score (nSPS) is 21.2. The first-order valence-corrected chi connectivity index (χ1v) is 9.01. The minimum absolute atomic E-state index is 0.115. The van der Waals surface area contributed by atoms with Crippen LogP contribution in [0.5, 0.6) is 5.75 Å². The van der Waals surface area contributed by atoms with Gasteiger partial charge in [0, 0.05) is 41.9 Å². The molecule has 3 heterocycles. The third-order valence-electron chi connectivity index (χ3n) is 5.54. The van der Waals surface area contributed by atoms with Crippen LogP contribution in [0.15, 0.2) is 41.5 Å². The van der Waals surface area contributed by atoms with E-state index in [1.807, 2.05) is 30.5 Å². The summed E-state index contributed by atoms with van der Waals surface area (Å²) in [4.78, 5) is 22.6. The summed E-state index contributed by atoms with van der Waals surface area (Å²) in [5.41, 5.74) is 1.28. The van der Waals surface area contributed by atoms with E-state index in [0.29, 0.717) is 17.6 Å². The Kier molecular flexibility index (Phi) is 4.28. The van der Waals surface area contributed by atoms with Crippen LogP contribution in [0.4, 0.5) is 0 Å². The van der Waals surface area contributed by atoms with Crippen LogP contribution in [0.3, 0.4) is 0 Å². The van der Waals surface area contributed by atoms with Crippen molar-refractivity contribution in [2.75, 3.05) is 20.7 Å². The summed E-state index contributed by atoms with van der Waals surface area (Å²) in [6.45, 7) is 3.30. The fraction of sp³-hybridized carbons (Fsp3) is 0.400. The number of pyridine rings is 1. The van der Waals surface area contributed by atoms with Crippen molar-refractivity contribution in [3.63, 3.8) is 0 Å². The number of aromatic amines is 1. The van der Waals surface area contributed by atoms with E-state index in [-0.39, 0.29) is 5.56 Å². The average Bonchev–Trinajstić information content (AvgIpc) is 3.12. The highest BCUT2D eigenvalue weighted by Gasteiger charge is 2.26. The van der Waals surface area contributed by atoms with Gasteiger partial charge in [0.05, 0.1) is 12.7 Å². The lowest BCUT2D eigenvalue weighted by Crippen LogP contribution is -2.38. The first-order valence-electron chi connectivity index (χ1n) is 9.01. The van der Waals surface area contributed by atoms with Crippen molar-refractivity contribution in [3.05, 3.63) is 47.0 Å². The molecule has 2 aromatic heterocycles. The molecule has 1 aliphatic rings. The van der Waals surface area contributed by atoms with Gasteiger partial charge in [-0.25, -0.2) is 4.98 Å². The van der Waals surface area contributed by atoms with Crippen molar-refractivity contribution in [1.82, 2.24) is 19.4 Å².